The molecule has 27 heavy (non-hydrogen) atoms. The highest BCUT2D eigenvalue weighted by Gasteiger charge is 2.20. The predicted octanol–water partition coefficient (Wildman–Crippen LogP) is 4.49. The van der Waals surface area contributed by atoms with Gasteiger partial charge in [-0.1, -0.05) is 62.7 Å². The first kappa shape index (κ1) is 19.2. The van der Waals surface area contributed by atoms with E-state index < -0.39 is 0 Å². The van der Waals surface area contributed by atoms with Crippen LogP contribution in [0.3, 0.4) is 0 Å². The van der Waals surface area contributed by atoms with Gasteiger partial charge in [-0.15, -0.1) is 0 Å². The van der Waals surface area contributed by atoms with Gasteiger partial charge >= 0.3 is 0 Å². The molecule has 3 rings (SSSR count). The van der Waals surface area contributed by atoms with Crippen LogP contribution in [0.1, 0.15) is 44.1 Å². The normalized spacial score (nSPS) is 11.7. The predicted molar refractivity (Wildman–Crippen MR) is 111 cm³/mol. The number of rotatable bonds is 6. The maximum absolute atomic E-state index is 12.0. The zero-order valence-electron chi connectivity index (χ0n) is 16.7. The van der Waals surface area contributed by atoms with Crippen LogP contribution in [0, 0.1) is 12.3 Å². The van der Waals surface area contributed by atoms with E-state index in [2.05, 4.69) is 59.3 Å². The summed E-state index contributed by atoms with van der Waals surface area (Å²) in [6, 6.07) is 16.9. The molecule has 0 saturated carbocycles. The first-order valence-electron chi connectivity index (χ1n) is 9.62. The Bertz CT molecular complexity index is 934. The van der Waals surface area contributed by atoms with Crippen molar-refractivity contribution in [2.45, 2.75) is 47.1 Å². The number of carbonyl (C=O) groups is 1. The van der Waals surface area contributed by atoms with E-state index in [1.54, 1.807) is 0 Å². The van der Waals surface area contributed by atoms with Crippen molar-refractivity contribution in [3.63, 3.8) is 0 Å². The van der Waals surface area contributed by atoms with E-state index in [1.807, 2.05) is 26.8 Å². The molecule has 3 aromatic rings. The minimum Gasteiger partial charge on any atom is -0.356 e. The Balaban J connectivity index is 1.75. The van der Waals surface area contributed by atoms with Crippen molar-refractivity contribution in [1.29, 1.82) is 0 Å². The summed E-state index contributed by atoms with van der Waals surface area (Å²) >= 11 is 0. The second kappa shape index (κ2) is 7.95. The fourth-order valence-electron chi connectivity index (χ4n) is 3.20. The summed E-state index contributed by atoms with van der Waals surface area (Å²) in [6.45, 7) is 9.40. The Hall–Kier alpha value is -2.62. The second-order valence-electron chi connectivity index (χ2n) is 8.20. The third kappa shape index (κ3) is 4.76. The summed E-state index contributed by atoms with van der Waals surface area (Å²) in [5, 5.41) is 3.03. The molecule has 0 spiro atoms. The van der Waals surface area contributed by atoms with E-state index in [-0.39, 0.29) is 11.3 Å². The van der Waals surface area contributed by atoms with Crippen LogP contribution in [0.15, 0.2) is 48.5 Å². The molecular formula is C23H29N3O. The van der Waals surface area contributed by atoms with Crippen LogP contribution in [-0.4, -0.2) is 22.0 Å². The SMILES string of the molecule is Cc1cccc(Cn2c(CCCNC(=O)C(C)(C)C)nc3ccccc32)c1. The summed E-state index contributed by atoms with van der Waals surface area (Å²) in [4.78, 5) is 16.9. The summed E-state index contributed by atoms with van der Waals surface area (Å²) in [7, 11) is 0. The van der Waals surface area contributed by atoms with Crippen LogP contribution >= 0.6 is 0 Å². The minimum atomic E-state index is -0.349. The topological polar surface area (TPSA) is 46.9 Å². The van der Waals surface area contributed by atoms with E-state index >= 15 is 0 Å². The van der Waals surface area contributed by atoms with Crippen molar-refractivity contribution in [2.24, 2.45) is 5.41 Å². The van der Waals surface area contributed by atoms with Gasteiger partial charge < -0.3 is 9.88 Å². The fourth-order valence-corrected chi connectivity index (χ4v) is 3.20. The van der Waals surface area contributed by atoms with Crippen molar-refractivity contribution in [1.82, 2.24) is 14.9 Å². The summed E-state index contributed by atoms with van der Waals surface area (Å²) < 4.78 is 2.30. The number of hydrogen-bond donors (Lipinski definition) is 1. The molecule has 2 aromatic carbocycles. The van der Waals surface area contributed by atoms with Crippen molar-refractivity contribution >= 4 is 16.9 Å². The van der Waals surface area contributed by atoms with Crippen molar-refractivity contribution in [3.05, 3.63) is 65.5 Å². The molecule has 0 bridgehead atoms. The molecule has 0 aliphatic heterocycles. The highest BCUT2D eigenvalue weighted by molar-refractivity contribution is 5.81. The Morgan fingerprint density at radius 2 is 1.89 bits per heavy atom. The van der Waals surface area contributed by atoms with Gasteiger partial charge in [0.2, 0.25) is 5.91 Å². The summed E-state index contributed by atoms with van der Waals surface area (Å²) in [5.74, 6) is 1.17. The zero-order chi connectivity index (χ0) is 19.4. The number of para-hydroxylation sites is 2. The number of hydrogen-bond acceptors (Lipinski definition) is 2. The number of aryl methyl sites for hydroxylation is 2. The van der Waals surface area contributed by atoms with Crippen LogP contribution in [0.2, 0.25) is 0 Å². The third-order valence-electron chi connectivity index (χ3n) is 4.70. The standard InChI is InChI=1S/C23H29N3O/c1-17-9-7-10-18(15-17)16-26-20-12-6-5-11-19(20)25-21(26)13-8-14-24-22(27)23(2,3)4/h5-7,9-12,15H,8,13-14,16H2,1-4H3,(H,24,27). The smallest absolute Gasteiger partial charge is 0.225 e. The Kier molecular flexibility index (Phi) is 5.64. The van der Waals surface area contributed by atoms with Crippen molar-refractivity contribution in [3.8, 4) is 0 Å². The average Bonchev–Trinajstić information content (AvgIpc) is 2.95. The van der Waals surface area contributed by atoms with E-state index in [4.69, 9.17) is 4.98 Å². The first-order chi connectivity index (χ1) is 12.8. The van der Waals surface area contributed by atoms with Crippen LogP contribution in [0.25, 0.3) is 11.0 Å². The molecule has 1 heterocycles. The molecule has 1 amide bonds. The van der Waals surface area contributed by atoms with Gasteiger partial charge in [0, 0.05) is 24.9 Å². The lowest BCUT2D eigenvalue weighted by Crippen LogP contribution is -2.35. The molecule has 0 aliphatic carbocycles. The highest BCUT2D eigenvalue weighted by Crippen LogP contribution is 2.19. The van der Waals surface area contributed by atoms with E-state index in [9.17, 15) is 4.79 Å². The molecule has 0 radical (unpaired) electrons. The third-order valence-corrected chi connectivity index (χ3v) is 4.70. The quantitative estimate of drug-likeness (QED) is 0.656. The van der Waals surface area contributed by atoms with Crippen LogP contribution in [-0.2, 0) is 17.8 Å². The lowest BCUT2D eigenvalue weighted by atomic mass is 9.96. The molecule has 0 aliphatic rings. The summed E-state index contributed by atoms with van der Waals surface area (Å²) in [5.41, 5.74) is 4.38. The number of benzene rings is 2. The molecule has 4 heteroatoms. The van der Waals surface area contributed by atoms with Gasteiger partial charge in [0.25, 0.3) is 0 Å². The maximum Gasteiger partial charge on any atom is 0.225 e. The van der Waals surface area contributed by atoms with E-state index in [0.717, 1.165) is 36.2 Å². The molecule has 0 atom stereocenters. The Labute approximate surface area is 161 Å². The Morgan fingerprint density at radius 3 is 2.63 bits per heavy atom. The molecule has 0 saturated heterocycles. The molecule has 1 aromatic heterocycles. The van der Waals surface area contributed by atoms with Crippen LogP contribution < -0.4 is 5.32 Å². The molecular weight excluding hydrogens is 334 g/mol. The molecule has 142 valence electrons. The van der Waals surface area contributed by atoms with Gasteiger partial charge in [0.15, 0.2) is 0 Å². The monoisotopic (exact) mass is 363 g/mol. The number of amides is 1. The Morgan fingerprint density at radius 1 is 1.11 bits per heavy atom. The highest BCUT2D eigenvalue weighted by atomic mass is 16.2. The number of nitrogens with one attached hydrogen (secondary N) is 1. The van der Waals surface area contributed by atoms with Gasteiger partial charge in [0.05, 0.1) is 11.0 Å². The first-order valence-corrected chi connectivity index (χ1v) is 9.62. The van der Waals surface area contributed by atoms with Gasteiger partial charge in [-0.05, 0) is 31.0 Å². The minimum absolute atomic E-state index is 0.0933. The van der Waals surface area contributed by atoms with Gasteiger partial charge in [-0.3, -0.25) is 4.79 Å². The summed E-state index contributed by atoms with van der Waals surface area (Å²) in [6.07, 6.45) is 1.71. The van der Waals surface area contributed by atoms with E-state index in [0.29, 0.717) is 6.54 Å². The number of carbonyl (C=O) groups excluding carboxylic acids is 1. The number of nitrogens with zero attached hydrogens (tertiary/aromatic N) is 2. The van der Waals surface area contributed by atoms with Crippen molar-refractivity contribution in [2.75, 3.05) is 6.54 Å². The van der Waals surface area contributed by atoms with Gasteiger partial charge in [-0.2, -0.15) is 0 Å². The zero-order valence-corrected chi connectivity index (χ0v) is 16.7. The van der Waals surface area contributed by atoms with Gasteiger partial charge in [-0.25, -0.2) is 4.98 Å². The second-order valence-corrected chi connectivity index (χ2v) is 8.20. The maximum atomic E-state index is 12.0. The molecule has 0 fully saturated rings. The average molecular weight is 364 g/mol. The van der Waals surface area contributed by atoms with Crippen LogP contribution in [0.5, 0.6) is 0 Å². The fraction of sp³-hybridized carbons (Fsp3) is 0.391. The molecule has 1 N–H and O–H groups in total. The lowest BCUT2D eigenvalue weighted by molar-refractivity contribution is -0.128. The van der Waals surface area contributed by atoms with Crippen LogP contribution in [0.4, 0.5) is 0 Å². The number of imidazole rings is 1. The number of fused-ring (bicyclic) bond motifs is 1. The van der Waals surface area contributed by atoms with Gasteiger partial charge in [0.1, 0.15) is 5.82 Å². The number of aromatic nitrogens is 2. The lowest BCUT2D eigenvalue weighted by Gasteiger charge is -2.17. The van der Waals surface area contributed by atoms with E-state index in [1.165, 1.54) is 11.1 Å². The van der Waals surface area contributed by atoms with Crippen molar-refractivity contribution < 1.29 is 4.79 Å². The molecule has 4 nitrogen and oxygen atoms in total. The largest absolute Gasteiger partial charge is 0.356 e. The molecule has 0 unspecified atom stereocenters.